The summed E-state index contributed by atoms with van der Waals surface area (Å²) < 4.78 is 32.3. The maximum Gasteiger partial charge on any atom is 0.414 e. The summed E-state index contributed by atoms with van der Waals surface area (Å²) in [7, 11) is -3.97. The number of nitrogens with zero attached hydrogens (tertiary/aromatic N) is 2. The van der Waals surface area contributed by atoms with Crippen LogP contribution < -0.4 is 9.62 Å². The fraction of sp³-hybridized carbons (Fsp3) is 0.235. The molecule has 1 N–H and O–H groups in total. The van der Waals surface area contributed by atoms with Gasteiger partial charge < -0.3 is 4.74 Å². The van der Waals surface area contributed by atoms with Crippen molar-refractivity contribution in [3.8, 4) is 0 Å². The molecule has 2 aromatic carbocycles. The van der Waals surface area contributed by atoms with Gasteiger partial charge in [0, 0.05) is 24.4 Å². The Morgan fingerprint density at radius 1 is 1.26 bits per heavy atom. The van der Waals surface area contributed by atoms with Crippen molar-refractivity contribution >= 4 is 27.5 Å². The lowest BCUT2D eigenvalue weighted by Crippen LogP contribution is -2.34. The molecule has 0 bridgehead atoms. The largest absolute Gasteiger partial charge is 0.443 e. The van der Waals surface area contributed by atoms with E-state index in [-0.39, 0.29) is 23.7 Å². The Labute approximate surface area is 155 Å². The number of hydrogen-bond acceptors (Lipinski definition) is 6. The molecule has 0 aliphatic carbocycles. The Balaban J connectivity index is 1.67. The lowest BCUT2D eigenvalue weighted by molar-refractivity contribution is -0.385. The third-order valence-corrected chi connectivity index (χ3v) is 5.45. The van der Waals surface area contributed by atoms with Crippen molar-refractivity contribution in [3.05, 3.63) is 64.2 Å². The predicted molar refractivity (Wildman–Crippen MR) is 97.1 cm³/mol. The van der Waals surface area contributed by atoms with Crippen LogP contribution in [-0.4, -0.2) is 38.6 Å². The van der Waals surface area contributed by atoms with E-state index < -0.39 is 27.1 Å². The quantitative estimate of drug-likeness (QED) is 0.596. The highest BCUT2D eigenvalue weighted by atomic mass is 32.2. The fourth-order valence-corrected chi connectivity index (χ4v) is 3.79. The first kappa shape index (κ1) is 18.8. The number of sulfonamides is 1. The average molecular weight is 391 g/mol. The summed E-state index contributed by atoms with van der Waals surface area (Å²) in [5.74, 6) is 0. The third kappa shape index (κ3) is 4.23. The number of nitro benzene ring substituents is 1. The molecule has 1 saturated heterocycles. The number of amides is 1. The number of non-ortho nitro benzene ring substituents is 1. The molecular formula is C17H17N3O6S. The van der Waals surface area contributed by atoms with Gasteiger partial charge in [-0.3, -0.25) is 15.0 Å². The van der Waals surface area contributed by atoms with E-state index in [2.05, 4.69) is 4.72 Å². The van der Waals surface area contributed by atoms with Crippen LogP contribution in [0.5, 0.6) is 0 Å². The number of carbonyl (C=O) groups is 1. The van der Waals surface area contributed by atoms with Crippen LogP contribution in [0.2, 0.25) is 0 Å². The number of carbonyl (C=O) groups excluding carboxylic acids is 1. The van der Waals surface area contributed by atoms with Gasteiger partial charge in [-0.15, -0.1) is 0 Å². The third-order valence-electron chi connectivity index (χ3n) is 4.03. The van der Waals surface area contributed by atoms with Gasteiger partial charge >= 0.3 is 6.09 Å². The van der Waals surface area contributed by atoms with E-state index in [9.17, 15) is 23.3 Å². The first-order chi connectivity index (χ1) is 12.8. The molecule has 2 aromatic rings. The zero-order valence-corrected chi connectivity index (χ0v) is 15.2. The molecule has 0 radical (unpaired) electrons. The van der Waals surface area contributed by atoms with Crippen LogP contribution in [0.25, 0.3) is 0 Å². The van der Waals surface area contributed by atoms with Gasteiger partial charge in [-0.05, 0) is 30.7 Å². The Morgan fingerprint density at radius 3 is 2.70 bits per heavy atom. The van der Waals surface area contributed by atoms with Crippen molar-refractivity contribution in [2.45, 2.75) is 17.9 Å². The van der Waals surface area contributed by atoms with E-state index in [1.165, 1.54) is 23.1 Å². The van der Waals surface area contributed by atoms with E-state index in [0.29, 0.717) is 5.69 Å². The zero-order chi connectivity index (χ0) is 19.6. The molecule has 3 rings (SSSR count). The normalized spacial score (nSPS) is 17.0. The summed E-state index contributed by atoms with van der Waals surface area (Å²) in [6, 6.07) is 12.0. The van der Waals surface area contributed by atoms with Crippen molar-refractivity contribution in [3.63, 3.8) is 0 Å². The van der Waals surface area contributed by atoms with Gasteiger partial charge in [0.15, 0.2) is 0 Å². The standard InChI is InChI=1S/C17H17N3O6S/c1-12-4-2-5-13(8-12)19-11-15(26-17(19)21)10-18-27(24,25)16-7-3-6-14(9-16)20(22)23/h2-9,15,18H,10-11H2,1H3. The number of anilines is 1. The van der Waals surface area contributed by atoms with E-state index in [1.807, 2.05) is 25.1 Å². The highest BCUT2D eigenvalue weighted by molar-refractivity contribution is 7.89. The minimum Gasteiger partial charge on any atom is -0.443 e. The van der Waals surface area contributed by atoms with E-state index in [0.717, 1.165) is 11.6 Å². The van der Waals surface area contributed by atoms with Gasteiger partial charge in [0.2, 0.25) is 10.0 Å². The Hall–Kier alpha value is -2.98. The molecule has 1 atom stereocenters. The number of nitrogens with one attached hydrogen (secondary N) is 1. The van der Waals surface area contributed by atoms with E-state index in [4.69, 9.17) is 4.74 Å². The summed E-state index contributed by atoms with van der Waals surface area (Å²) >= 11 is 0. The molecule has 1 heterocycles. The summed E-state index contributed by atoms with van der Waals surface area (Å²) in [6.07, 6.45) is -1.23. The molecule has 27 heavy (non-hydrogen) atoms. The first-order valence-electron chi connectivity index (χ1n) is 8.05. The highest BCUT2D eigenvalue weighted by Gasteiger charge is 2.33. The summed E-state index contributed by atoms with van der Waals surface area (Å²) in [5.41, 5.74) is 1.33. The number of benzene rings is 2. The highest BCUT2D eigenvalue weighted by Crippen LogP contribution is 2.23. The molecule has 1 aliphatic heterocycles. The Kier molecular flexibility index (Phi) is 5.10. The van der Waals surface area contributed by atoms with Crippen molar-refractivity contribution in [1.82, 2.24) is 4.72 Å². The predicted octanol–water partition coefficient (Wildman–Crippen LogP) is 2.21. The van der Waals surface area contributed by atoms with Crippen LogP contribution in [0.4, 0.5) is 16.2 Å². The van der Waals surface area contributed by atoms with Gasteiger partial charge in [-0.1, -0.05) is 18.2 Å². The van der Waals surface area contributed by atoms with Gasteiger partial charge in [0.05, 0.1) is 16.4 Å². The van der Waals surface area contributed by atoms with Gasteiger partial charge in [0.1, 0.15) is 6.10 Å². The minimum absolute atomic E-state index is 0.140. The van der Waals surface area contributed by atoms with Crippen molar-refractivity contribution in [1.29, 1.82) is 0 Å². The smallest absolute Gasteiger partial charge is 0.414 e. The van der Waals surface area contributed by atoms with Crippen LogP contribution in [0, 0.1) is 17.0 Å². The number of hydrogen-bond donors (Lipinski definition) is 1. The molecule has 1 amide bonds. The number of cyclic esters (lactones) is 1. The summed E-state index contributed by atoms with van der Waals surface area (Å²) in [6.45, 7) is 1.95. The second-order valence-corrected chi connectivity index (χ2v) is 7.83. The van der Waals surface area contributed by atoms with Crippen LogP contribution in [0.1, 0.15) is 5.56 Å². The van der Waals surface area contributed by atoms with Crippen molar-refractivity contribution < 1.29 is 22.9 Å². The van der Waals surface area contributed by atoms with Gasteiger partial charge in [0.25, 0.3) is 5.69 Å². The number of aryl methyl sites for hydroxylation is 1. The number of nitro groups is 1. The first-order valence-corrected chi connectivity index (χ1v) is 9.53. The molecular weight excluding hydrogens is 374 g/mol. The van der Waals surface area contributed by atoms with Crippen LogP contribution in [0.15, 0.2) is 53.4 Å². The zero-order valence-electron chi connectivity index (χ0n) is 14.4. The topological polar surface area (TPSA) is 119 Å². The molecule has 9 nitrogen and oxygen atoms in total. The molecule has 10 heteroatoms. The second-order valence-electron chi connectivity index (χ2n) is 6.06. The summed E-state index contributed by atoms with van der Waals surface area (Å²) in [5, 5.41) is 10.8. The maximum absolute atomic E-state index is 12.4. The van der Waals surface area contributed by atoms with E-state index >= 15 is 0 Å². The molecule has 142 valence electrons. The molecule has 1 fully saturated rings. The second kappa shape index (κ2) is 7.33. The van der Waals surface area contributed by atoms with Crippen molar-refractivity contribution in [2.24, 2.45) is 0 Å². The van der Waals surface area contributed by atoms with E-state index in [1.54, 1.807) is 6.07 Å². The monoisotopic (exact) mass is 391 g/mol. The molecule has 0 spiro atoms. The minimum atomic E-state index is -3.97. The Morgan fingerprint density at radius 2 is 2.00 bits per heavy atom. The van der Waals surface area contributed by atoms with Crippen LogP contribution in [0.3, 0.4) is 0 Å². The maximum atomic E-state index is 12.4. The van der Waals surface area contributed by atoms with Gasteiger partial charge in [-0.25, -0.2) is 17.9 Å². The van der Waals surface area contributed by atoms with Crippen LogP contribution >= 0.6 is 0 Å². The number of ether oxygens (including phenoxy) is 1. The fourth-order valence-electron chi connectivity index (χ4n) is 2.68. The Bertz CT molecular complexity index is 992. The molecule has 0 saturated carbocycles. The average Bonchev–Trinajstić information content (AvgIpc) is 3.01. The molecule has 0 aromatic heterocycles. The molecule has 1 unspecified atom stereocenters. The lowest BCUT2D eigenvalue weighted by atomic mass is 10.2. The lowest BCUT2D eigenvalue weighted by Gasteiger charge is -2.13. The molecule has 1 aliphatic rings. The SMILES string of the molecule is Cc1cccc(N2CC(CNS(=O)(=O)c3cccc([N+](=O)[O-])c3)OC2=O)c1. The summed E-state index contributed by atoms with van der Waals surface area (Å²) in [4.78, 5) is 23.4. The van der Waals surface area contributed by atoms with Gasteiger partial charge in [-0.2, -0.15) is 0 Å². The number of rotatable bonds is 6. The van der Waals surface area contributed by atoms with Crippen LogP contribution in [-0.2, 0) is 14.8 Å². The van der Waals surface area contributed by atoms with Crippen molar-refractivity contribution in [2.75, 3.05) is 18.0 Å².